The molecule has 0 atom stereocenters. The molecule has 0 unspecified atom stereocenters. The highest BCUT2D eigenvalue weighted by molar-refractivity contribution is 5.89. The maximum Gasteiger partial charge on any atom is 0.401 e. The molecular formula is C13H17F3N4O. The van der Waals surface area contributed by atoms with E-state index in [0.29, 0.717) is 11.4 Å². The number of anilines is 2. The average Bonchev–Trinajstić information content (AvgIpc) is 2.40. The lowest BCUT2D eigenvalue weighted by Gasteiger charge is -2.34. The molecular weight excluding hydrogens is 285 g/mol. The van der Waals surface area contributed by atoms with Crippen molar-refractivity contribution < 1.29 is 18.0 Å². The molecule has 1 aromatic rings. The number of rotatable bonds is 2. The van der Waals surface area contributed by atoms with Crippen LogP contribution < -0.4 is 11.1 Å². The molecule has 116 valence electrons. The van der Waals surface area contributed by atoms with Crippen LogP contribution in [0.25, 0.3) is 0 Å². The van der Waals surface area contributed by atoms with Crippen LogP contribution in [0.1, 0.15) is 0 Å². The standard InChI is InChI=1S/C13H17F3N4O/c14-13(15,16)9-19-5-7-20(8-6-19)12(21)18-11-3-1-10(17)2-4-11/h1-4H,5-9,17H2,(H,18,21). The predicted octanol–water partition coefficient (Wildman–Crippen LogP) is 1.98. The van der Waals surface area contributed by atoms with Gasteiger partial charge in [0.25, 0.3) is 0 Å². The van der Waals surface area contributed by atoms with Gasteiger partial charge < -0.3 is 16.0 Å². The number of nitrogens with one attached hydrogen (secondary N) is 1. The molecule has 8 heteroatoms. The third-order valence-electron chi connectivity index (χ3n) is 3.22. The number of nitrogens with two attached hydrogens (primary N) is 1. The summed E-state index contributed by atoms with van der Waals surface area (Å²) >= 11 is 0. The molecule has 5 nitrogen and oxygen atoms in total. The van der Waals surface area contributed by atoms with Crippen molar-refractivity contribution in [3.63, 3.8) is 0 Å². The van der Waals surface area contributed by atoms with Crippen molar-refractivity contribution in [2.75, 3.05) is 43.8 Å². The van der Waals surface area contributed by atoms with Crippen LogP contribution in [0.2, 0.25) is 0 Å². The van der Waals surface area contributed by atoms with Crippen molar-refractivity contribution in [1.82, 2.24) is 9.80 Å². The van der Waals surface area contributed by atoms with Gasteiger partial charge in [0.05, 0.1) is 6.54 Å². The molecule has 21 heavy (non-hydrogen) atoms. The Bertz CT molecular complexity index is 481. The molecule has 2 amide bonds. The van der Waals surface area contributed by atoms with Crippen molar-refractivity contribution in [3.05, 3.63) is 24.3 Å². The first kappa shape index (κ1) is 15.4. The molecule has 0 aromatic heterocycles. The number of amides is 2. The second kappa shape index (κ2) is 6.21. The van der Waals surface area contributed by atoms with E-state index in [0.717, 1.165) is 0 Å². The molecule has 1 aliphatic heterocycles. The van der Waals surface area contributed by atoms with Gasteiger partial charge in [-0.15, -0.1) is 0 Å². The summed E-state index contributed by atoms with van der Waals surface area (Å²) in [6.45, 7) is 0.0531. The van der Waals surface area contributed by atoms with E-state index in [4.69, 9.17) is 5.73 Å². The van der Waals surface area contributed by atoms with Gasteiger partial charge in [0.2, 0.25) is 0 Å². The van der Waals surface area contributed by atoms with Crippen molar-refractivity contribution >= 4 is 17.4 Å². The Kier molecular flexibility index (Phi) is 4.56. The molecule has 1 fully saturated rings. The van der Waals surface area contributed by atoms with Crippen molar-refractivity contribution in [2.45, 2.75) is 6.18 Å². The molecule has 0 bridgehead atoms. The second-order valence-electron chi connectivity index (χ2n) is 4.93. The fourth-order valence-electron chi connectivity index (χ4n) is 2.13. The molecule has 1 aliphatic rings. The molecule has 0 radical (unpaired) electrons. The van der Waals surface area contributed by atoms with Crippen LogP contribution in [0.15, 0.2) is 24.3 Å². The van der Waals surface area contributed by atoms with Crippen LogP contribution >= 0.6 is 0 Å². The highest BCUT2D eigenvalue weighted by Gasteiger charge is 2.32. The SMILES string of the molecule is Nc1ccc(NC(=O)N2CCN(CC(F)(F)F)CC2)cc1. The summed E-state index contributed by atoms with van der Waals surface area (Å²) in [5.41, 5.74) is 6.74. The fourth-order valence-corrected chi connectivity index (χ4v) is 2.13. The van der Waals surface area contributed by atoms with Gasteiger partial charge in [-0.1, -0.05) is 0 Å². The van der Waals surface area contributed by atoms with Crippen LogP contribution in [0, 0.1) is 0 Å². The average molecular weight is 302 g/mol. The number of benzene rings is 1. The van der Waals surface area contributed by atoms with Crippen LogP contribution in [-0.2, 0) is 0 Å². The lowest BCUT2D eigenvalue weighted by atomic mass is 10.3. The van der Waals surface area contributed by atoms with E-state index in [1.807, 2.05) is 0 Å². The molecule has 0 spiro atoms. The molecule has 2 rings (SSSR count). The zero-order chi connectivity index (χ0) is 15.5. The van der Waals surface area contributed by atoms with Gasteiger partial charge in [0, 0.05) is 37.6 Å². The van der Waals surface area contributed by atoms with Crippen LogP contribution in [0.4, 0.5) is 29.3 Å². The van der Waals surface area contributed by atoms with Gasteiger partial charge in [-0.25, -0.2) is 4.79 Å². The largest absolute Gasteiger partial charge is 0.401 e. The van der Waals surface area contributed by atoms with Gasteiger partial charge in [-0.05, 0) is 24.3 Å². The summed E-state index contributed by atoms with van der Waals surface area (Å²) in [7, 11) is 0. The predicted molar refractivity (Wildman–Crippen MR) is 73.9 cm³/mol. The topological polar surface area (TPSA) is 61.6 Å². The first-order chi connectivity index (χ1) is 9.83. The number of nitrogens with zero attached hydrogens (tertiary/aromatic N) is 2. The van der Waals surface area contributed by atoms with Crippen molar-refractivity contribution in [3.8, 4) is 0 Å². The second-order valence-corrected chi connectivity index (χ2v) is 4.93. The molecule has 1 heterocycles. The normalized spacial score (nSPS) is 16.8. The van der Waals surface area contributed by atoms with Crippen LogP contribution in [-0.4, -0.2) is 54.7 Å². The molecule has 3 N–H and O–H groups in total. The Labute approximate surface area is 120 Å². The third kappa shape index (κ3) is 4.82. The van der Waals surface area contributed by atoms with Gasteiger partial charge in [0.15, 0.2) is 0 Å². The van der Waals surface area contributed by atoms with E-state index in [1.165, 1.54) is 9.80 Å². The van der Waals surface area contributed by atoms with Gasteiger partial charge in [-0.3, -0.25) is 4.90 Å². The van der Waals surface area contributed by atoms with E-state index in [2.05, 4.69) is 5.32 Å². The fraction of sp³-hybridized carbons (Fsp3) is 0.462. The molecule has 0 saturated carbocycles. The third-order valence-corrected chi connectivity index (χ3v) is 3.22. The number of piperazine rings is 1. The Morgan fingerprint density at radius 3 is 2.24 bits per heavy atom. The summed E-state index contributed by atoms with van der Waals surface area (Å²) in [5.74, 6) is 0. The van der Waals surface area contributed by atoms with E-state index in [-0.39, 0.29) is 32.2 Å². The van der Waals surface area contributed by atoms with Gasteiger partial charge in [0.1, 0.15) is 0 Å². The minimum Gasteiger partial charge on any atom is -0.399 e. The minimum atomic E-state index is -4.20. The Morgan fingerprint density at radius 2 is 1.71 bits per heavy atom. The highest BCUT2D eigenvalue weighted by atomic mass is 19.4. The summed E-state index contributed by atoms with van der Waals surface area (Å²) in [4.78, 5) is 14.8. The summed E-state index contributed by atoms with van der Waals surface area (Å²) in [6.07, 6.45) is -4.20. The monoisotopic (exact) mass is 302 g/mol. The van der Waals surface area contributed by atoms with Gasteiger partial charge >= 0.3 is 12.2 Å². The lowest BCUT2D eigenvalue weighted by Crippen LogP contribution is -2.51. The number of nitrogen functional groups attached to an aromatic ring is 1. The summed E-state index contributed by atoms with van der Waals surface area (Å²) in [6, 6.07) is 6.36. The molecule has 1 saturated heterocycles. The highest BCUT2D eigenvalue weighted by Crippen LogP contribution is 2.18. The Balaban J connectivity index is 1.81. The number of carbonyl (C=O) groups is 1. The van der Waals surface area contributed by atoms with Crippen molar-refractivity contribution in [2.24, 2.45) is 0 Å². The van der Waals surface area contributed by atoms with Crippen LogP contribution in [0.5, 0.6) is 0 Å². The van der Waals surface area contributed by atoms with E-state index in [9.17, 15) is 18.0 Å². The van der Waals surface area contributed by atoms with E-state index in [1.54, 1.807) is 24.3 Å². The minimum absolute atomic E-state index is 0.217. The van der Waals surface area contributed by atoms with E-state index >= 15 is 0 Å². The zero-order valence-electron chi connectivity index (χ0n) is 11.4. The van der Waals surface area contributed by atoms with Gasteiger partial charge in [-0.2, -0.15) is 13.2 Å². The number of carbonyl (C=O) groups excluding carboxylic acids is 1. The number of halogens is 3. The Hall–Kier alpha value is -1.96. The summed E-state index contributed by atoms with van der Waals surface area (Å²) < 4.78 is 36.8. The maximum absolute atomic E-state index is 12.3. The zero-order valence-corrected chi connectivity index (χ0v) is 11.4. The first-order valence-electron chi connectivity index (χ1n) is 6.54. The molecule has 0 aliphatic carbocycles. The maximum atomic E-state index is 12.3. The lowest BCUT2D eigenvalue weighted by molar-refractivity contribution is -0.148. The quantitative estimate of drug-likeness (QED) is 0.821. The number of urea groups is 1. The first-order valence-corrected chi connectivity index (χ1v) is 6.54. The van der Waals surface area contributed by atoms with Crippen molar-refractivity contribution in [1.29, 1.82) is 0 Å². The number of hydrogen-bond acceptors (Lipinski definition) is 3. The number of hydrogen-bond donors (Lipinski definition) is 2. The van der Waals surface area contributed by atoms with E-state index < -0.39 is 12.7 Å². The molecule has 1 aromatic carbocycles. The summed E-state index contributed by atoms with van der Waals surface area (Å²) in [5, 5.41) is 2.69. The van der Waals surface area contributed by atoms with Crippen LogP contribution in [0.3, 0.4) is 0 Å². The smallest absolute Gasteiger partial charge is 0.399 e. The number of alkyl halides is 3. The Morgan fingerprint density at radius 1 is 1.14 bits per heavy atom.